The second-order valence-electron chi connectivity index (χ2n) is 5.33. The number of benzene rings is 1. The fourth-order valence-corrected chi connectivity index (χ4v) is 3.74. The fraction of sp³-hybridized carbons (Fsp3) is 0.357. The van der Waals surface area contributed by atoms with Crippen LogP contribution < -0.4 is 0 Å². The van der Waals surface area contributed by atoms with Gasteiger partial charge in [0.1, 0.15) is 5.82 Å². The molecule has 0 bridgehead atoms. The molecule has 0 unspecified atom stereocenters. The number of fused-ring (bicyclic) bond motifs is 3. The summed E-state index contributed by atoms with van der Waals surface area (Å²) in [6.07, 6.45) is 2.39. The summed E-state index contributed by atoms with van der Waals surface area (Å²) in [5.74, 6) is -0.168. The molecule has 4 rings (SSSR count). The summed E-state index contributed by atoms with van der Waals surface area (Å²) in [5.41, 5.74) is 1.15. The van der Waals surface area contributed by atoms with E-state index in [2.05, 4.69) is 0 Å². The van der Waals surface area contributed by atoms with Crippen LogP contribution in [0, 0.1) is 10.6 Å². The number of aromatic nitrogens is 2. The highest BCUT2D eigenvalue weighted by atomic mass is 35.5. The Labute approximate surface area is 124 Å². The number of imidazole rings is 1. The highest BCUT2D eigenvalue weighted by Gasteiger charge is 2.62. The van der Waals surface area contributed by atoms with Gasteiger partial charge in [0, 0.05) is 45.9 Å². The van der Waals surface area contributed by atoms with Gasteiger partial charge in [0.2, 0.25) is 0 Å². The van der Waals surface area contributed by atoms with E-state index in [-0.39, 0.29) is 21.9 Å². The lowest BCUT2D eigenvalue weighted by Crippen LogP contribution is -2.15. The maximum absolute atomic E-state index is 14.2. The zero-order valence-corrected chi connectivity index (χ0v) is 11.4. The van der Waals surface area contributed by atoms with Gasteiger partial charge in [0.25, 0.3) is 0 Å². The summed E-state index contributed by atoms with van der Waals surface area (Å²) >= 11 is 11.3. The summed E-state index contributed by atoms with van der Waals surface area (Å²) in [4.78, 5) is 0. The highest BCUT2D eigenvalue weighted by Crippen LogP contribution is 2.66. The van der Waals surface area contributed by atoms with Crippen LogP contribution in [0.3, 0.4) is 0 Å². The van der Waals surface area contributed by atoms with Crippen molar-refractivity contribution in [3.8, 4) is 0 Å². The Morgan fingerprint density at radius 3 is 3.16 bits per heavy atom. The average Bonchev–Trinajstić information content (AvgIpc) is 2.92. The van der Waals surface area contributed by atoms with Crippen molar-refractivity contribution in [3.63, 3.8) is 0 Å². The Hall–Kier alpha value is -1.13. The number of nitrogens with zero attached hydrogens (tertiary/aromatic N) is 2. The quantitative estimate of drug-likeness (QED) is 0.728. The van der Waals surface area contributed by atoms with Crippen molar-refractivity contribution in [3.05, 3.63) is 51.3 Å². The molecule has 0 radical (unpaired) electrons. The van der Waals surface area contributed by atoms with Crippen LogP contribution in [0.25, 0.3) is 0 Å². The predicted molar refractivity (Wildman–Crippen MR) is 74.7 cm³/mol. The van der Waals surface area contributed by atoms with Crippen LogP contribution in [0.15, 0.2) is 24.4 Å². The van der Waals surface area contributed by atoms with E-state index < -0.39 is 6.98 Å². The molecular formula is C14H12ClFN2S. The van der Waals surface area contributed by atoms with Crippen LogP contribution in [0.4, 0.5) is 4.39 Å². The van der Waals surface area contributed by atoms with Crippen molar-refractivity contribution in [2.75, 3.05) is 0 Å². The normalized spacial score (nSPS) is 30.2. The van der Waals surface area contributed by atoms with E-state index in [9.17, 15) is 4.39 Å². The van der Waals surface area contributed by atoms with E-state index in [1.807, 2.05) is 4.57 Å². The molecule has 0 amide bonds. The van der Waals surface area contributed by atoms with E-state index in [1.54, 1.807) is 12.3 Å². The van der Waals surface area contributed by atoms with E-state index in [1.165, 1.54) is 12.1 Å². The number of halogens is 2. The maximum atomic E-state index is 14.2. The van der Waals surface area contributed by atoms with E-state index in [4.69, 9.17) is 27.9 Å². The Morgan fingerprint density at radius 2 is 2.42 bits per heavy atom. The molecule has 2 aromatic rings. The molecule has 1 fully saturated rings. The van der Waals surface area contributed by atoms with Crippen molar-refractivity contribution in [1.29, 1.82) is 0 Å². The molecule has 19 heavy (non-hydrogen) atoms. The minimum atomic E-state index is -2.28. The first kappa shape index (κ1) is 8.93. The Kier molecular flexibility index (Phi) is 1.64. The summed E-state index contributed by atoms with van der Waals surface area (Å²) in [6.45, 7) is -1.78. The lowest BCUT2D eigenvalue weighted by Gasteiger charge is -2.14. The first-order chi connectivity index (χ1) is 10.2. The van der Waals surface area contributed by atoms with Crippen molar-refractivity contribution >= 4 is 23.8 Å². The summed E-state index contributed by atoms with van der Waals surface area (Å²) in [7, 11) is 0. The molecular weight excluding hydrogens is 283 g/mol. The SMILES string of the molecule is [2H]C([2H])([2H])n1cc2n(c1=S)C[C@@]1(c3cc(Cl)ccc3F)C[C@H]21. The van der Waals surface area contributed by atoms with Gasteiger partial charge in [0.15, 0.2) is 4.77 Å². The van der Waals surface area contributed by atoms with E-state index in [0.717, 1.165) is 16.7 Å². The molecule has 1 aliphatic carbocycles. The van der Waals surface area contributed by atoms with Crippen LogP contribution >= 0.6 is 23.8 Å². The monoisotopic (exact) mass is 297 g/mol. The maximum Gasteiger partial charge on any atom is 0.179 e. The molecule has 2 nitrogen and oxygen atoms in total. The molecule has 1 aromatic carbocycles. The third kappa shape index (κ3) is 1.39. The molecule has 0 spiro atoms. The first-order valence-electron chi connectivity index (χ1n) is 7.52. The predicted octanol–water partition coefficient (Wildman–Crippen LogP) is 3.79. The molecule has 1 aliphatic heterocycles. The summed E-state index contributed by atoms with van der Waals surface area (Å²) in [5, 5.41) is 0.504. The lowest BCUT2D eigenvalue weighted by atomic mass is 9.94. The molecule has 2 aliphatic rings. The summed E-state index contributed by atoms with van der Waals surface area (Å²) in [6, 6.07) is 4.58. The standard InChI is InChI=1S/C14H12ClFN2S/c1-17-6-12-10-5-14(10,7-18(12)13(17)19)9-4-8(15)2-3-11(9)16/h2-4,6,10H,5,7H2,1H3/t10-,14-/m1/s1/i1D3. The molecule has 98 valence electrons. The Morgan fingerprint density at radius 1 is 1.58 bits per heavy atom. The van der Waals surface area contributed by atoms with Crippen LogP contribution in [0.2, 0.25) is 5.02 Å². The molecule has 0 N–H and O–H groups in total. The van der Waals surface area contributed by atoms with Gasteiger partial charge in [0.05, 0.1) is 0 Å². The number of hydrogen-bond acceptors (Lipinski definition) is 1. The van der Waals surface area contributed by atoms with Crippen molar-refractivity contribution in [2.45, 2.75) is 24.3 Å². The van der Waals surface area contributed by atoms with Crippen molar-refractivity contribution < 1.29 is 8.50 Å². The Bertz CT molecular complexity index is 857. The average molecular weight is 298 g/mol. The fourth-order valence-electron chi connectivity index (χ4n) is 3.35. The second-order valence-corrected chi connectivity index (χ2v) is 6.13. The lowest BCUT2D eigenvalue weighted by molar-refractivity contribution is 0.527. The van der Waals surface area contributed by atoms with Gasteiger partial charge >= 0.3 is 0 Å². The van der Waals surface area contributed by atoms with E-state index >= 15 is 0 Å². The van der Waals surface area contributed by atoms with Crippen LogP contribution in [-0.4, -0.2) is 9.13 Å². The van der Waals surface area contributed by atoms with E-state index in [0.29, 0.717) is 17.1 Å². The molecule has 1 aromatic heterocycles. The second kappa shape index (κ2) is 3.49. The minimum Gasteiger partial charge on any atom is -0.327 e. The van der Waals surface area contributed by atoms with Gasteiger partial charge in [-0.2, -0.15) is 0 Å². The highest BCUT2D eigenvalue weighted by molar-refractivity contribution is 7.71. The molecule has 1 saturated carbocycles. The van der Waals surface area contributed by atoms with Gasteiger partial charge in [-0.15, -0.1) is 0 Å². The van der Waals surface area contributed by atoms with Gasteiger partial charge in [-0.25, -0.2) is 4.39 Å². The van der Waals surface area contributed by atoms with Crippen molar-refractivity contribution in [1.82, 2.24) is 9.13 Å². The topological polar surface area (TPSA) is 9.86 Å². The largest absolute Gasteiger partial charge is 0.327 e. The van der Waals surface area contributed by atoms with Crippen LogP contribution in [0.5, 0.6) is 0 Å². The number of hydrogen-bond donors (Lipinski definition) is 0. The molecule has 2 heterocycles. The van der Waals surface area contributed by atoms with Gasteiger partial charge in [-0.1, -0.05) is 11.6 Å². The third-order valence-corrected chi connectivity index (χ3v) is 5.00. The number of rotatable bonds is 1. The smallest absolute Gasteiger partial charge is 0.179 e. The molecule has 2 atom stereocenters. The molecule has 0 saturated heterocycles. The molecule has 5 heteroatoms. The van der Waals surface area contributed by atoms with Gasteiger partial charge in [-0.05, 0) is 42.4 Å². The van der Waals surface area contributed by atoms with Gasteiger partial charge < -0.3 is 9.13 Å². The van der Waals surface area contributed by atoms with Crippen LogP contribution in [-0.2, 0) is 18.9 Å². The number of aryl methyl sites for hydroxylation is 1. The minimum absolute atomic E-state index is 0.103. The first-order valence-corrected chi connectivity index (χ1v) is 6.81. The Balaban J connectivity index is 1.80. The van der Waals surface area contributed by atoms with Crippen molar-refractivity contribution in [2.24, 2.45) is 6.98 Å². The third-order valence-electron chi connectivity index (χ3n) is 4.35. The zero-order chi connectivity index (χ0) is 15.9. The van der Waals surface area contributed by atoms with Crippen LogP contribution in [0.1, 0.15) is 27.7 Å². The zero-order valence-electron chi connectivity index (χ0n) is 12.9. The summed E-state index contributed by atoms with van der Waals surface area (Å²) < 4.78 is 40.0. The van der Waals surface area contributed by atoms with Gasteiger partial charge in [-0.3, -0.25) is 0 Å².